The van der Waals surface area contributed by atoms with Gasteiger partial charge in [-0.1, -0.05) is 30.3 Å². The maximum absolute atomic E-state index is 5.71. The Morgan fingerprint density at radius 3 is 2.77 bits per heavy atom. The summed E-state index contributed by atoms with van der Waals surface area (Å²) in [6.07, 6.45) is 3.55. The van der Waals surface area contributed by atoms with Crippen LogP contribution in [0.1, 0.15) is 11.3 Å². The fourth-order valence-corrected chi connectivity index (χ4v) is 2.41. The maximum Gasteiger partial charge on any atom is 0.0908 e. The standard InChI is InChI=1S/C17H14N4O/c1-2-4-12(5-3-1)10-22-11-14-9-18-16-7-15-13(8-19-21-15)6-17(16)20-14/h1-9H,10-11H2,(H,19,21). The molecule has 0 radical (unpaired) electrons. The number of hydrogen-bond donors (Lipinski definition) is 1. The van der Waals surface area contributed by atoms with Crippen molar-refractivity contribution in [3.8, 4) is 0 Å². The van der Waals surface area contributed by atoms with Crippen LogP contribution >= 0.6 is 0 Å². The molecule has 4 aromatic rings. The maximum atomic E-state index is 5.71. The van der Waals surface area contributed by atoms with Crippen molar-refractivity contribution in [2.75, 3.05) is 0 Å². The highest BCUT2D eigenvalue weighted by molar-refractivity contribution is 5.92. The van der Waals surface area contributed by atoms with Crippen LogP contribution in [0, 0.1) is 0 Å². The normalized spacial score (nSPS) is 11.3. The third-order valence-corrected chi connectivity index (χ3v) is 3.51. The second-order valence-corrected chi connectivity index (χ2v) is 5.14. The number of ether oxygens (including phenoxy) is 1. The Balaban J connectivity index is 1.53. The molecule has 2 aromatic carbocycles. The Morgan fingerprint density at radius 1 is 0.955 bits per heavy atom. The van der Waals surface area contributed by atoms with E-state index in [-0.39, 0.29) is 0 Å². The molecule has 22 heavy (non-hydrogen) atoms. The number of fused-ring (bicyclic) bond motifs is 2. The largest absolute Gasteiger partial charge is 0.370 e. The van der Waals surface area contributed by atoms with Crippen molar-refractivity contribution >= 4 is 21.9 Å². The van der Waals surface area contributed by atoms with Crippen LogP contribution in [0.5, 0.6) is 0 Å². The van der Waals surface area contributed by atoms with Crippen molar-refractivity contribution in [2.45, 2.75) is 13.2 Å². The Labute approximate surface area is 127 Å². The van der Waals surface area contributed by atoms with Gasteiger partial charge in [-0.05, 0) is 17.7 Å². The first kappa shape index (κ1) is 12.9. The van der Waals surface area contributed by atoms with Crippen molar-refractivity contribution in [1.29, 1.82) is 0 Å². The SMILES string of the molecule is c1ccc(COCc2cnc3cc4[nH]ncc4cc3n2)cc1. The van der Waals surface area contributed by atoms with Gasteiger partial charge in [-0.3, -0.25) is 10.1 Å². The van der Waals surface area contributed by atoms with Crippen LogP contribution in [0.2, 0.25) is 0 Å². The zero-order valence-corrected chi connectivity index (χ0v) is 11.9. The Kier molecular flexibility index (Phi) is 3.25. The minimum Gasteiger partial charge on any atom is -0.370 e. The second kappa shape index (κ2) is 5.54. The van der Waals surface area contributed by atoms with E-state index in [1.807, 2.05) is 42.5 Å². The highest BCUT2D eigenvalue weighted by atomic mass is 16.5. The van der Waals surface area contributed by atoms with E-state index in [0.29, 0.717) is 13.2 Å². The topological polar surface area (TPSA) is 63.7 Å². The molecule has 0 unspecified atom stereocenters. The van der Waals surface area contributed by atoms with E-state index < -0.39 is 0 Å². The van der Waals surface area contributed by atoms with Gasteiger partial charge in [0.2, 0.25) is 0 Å². The predicted octanol–water partition coefficient (Wildman–Crippen LogP) is 3.22. The monoisotopic (exact) mass is 290 g/mol. The molecule has 1 N–H and O–H groups in total. The fraction of sp³-hybridized carbons (Fsp3) is 0.118. The lowest BCUT2D eigenvalue weighted by Crippen LogP contribution is -1.98. The van der Waals surface area contributed by atoms with Crippen LogP contribution in [0.25, 0.3) is 21.9 Å². The smallest absolute Gasteiger partial charge is 0.0908 e. The Bertz CT molecular complexity index is 918. The first-order valence-corrected chi connectivity index (χ1v) is 7.09. The molecule has 0 spiro atoms. The molecule has 0 aliphatic carbocycles. The molecule has 0 amide bonds. The molecule has 0 bridgehead atoms. The summed E-state index contributed by atoms with van der Waals surface area (Å²) >= 11 is 0. The molecule has 5 nitrogen and oxygen atoms in total. The lowest BCUT2D eigenvalue weighted by Gasteiger charge is -2.05. The van der Waals surface area contributed by atoms with Crippen LogP contribution in [-0.2, 0) is 18.0 Å². The van der Waals surface area contributed by atoms with E-state index in [1.54, 1.807) is 12.4 Å². The molecule has 108 valence electrons. The fourth-order valence-electron chi connectivity index (χ4n) is 2.41. The van der Waals surface area contributed by atoms with Crippen LogP contribution in [0.15, 0.2) is 54.9 Å². The van der Waals surface area contributed by atoms with Gasteiger partial charge in [0.05, 0.1) is 47.9 Å². The molecule has 2 heterocycles. The number of nitrogens with zero attached hydrogens (tertiary/aromatic N) is 3. The molecule has 0 atom stereocenters. The summed E-state index contributed by atoms with van der Waals surface area (Å²) < 4.78 is 5.71. The Morgan fingerprint density at radius 2 is 1.86 bits per heavy atom. The van der Waals surface area contributed by atoms with Gasteiger partial charge >= 0.3 is 0 Å². The third-order valence-electron chi connectivity index (χ3n) is 3.51. The predicted molar refractivity (Wildman–Crippen MR) is 84.1 cm³/mol. The van der Waals surface area contributed by atoms with E-state index in [0.717, 1.165) is 33.2 Å². The summed E-state index contributed by atoms with van der Waals surface area (Å²) in [6, 6.07) is 14.0. The highest BCUT2D eigenvalue weighted by Gasteiger charge is 2.04. The molecule has 0 fully saturated rings. The number of aromatic amines is 1. The Hall–Kier alpha value is -2.79. The number of benzene rings is 2. The van der Waals surface area contributed by atoms with Gasteiger partial charge in [0.1, 0.15) is 0 Å². The molecular weight excluding hydrogens is 276 g/mol. The van der Waals surface area contributed by atoms with Gasteiger partial charge in [0, 0.05) is 5.39 Å². The average molecular weight is 290 g/mol. The third kappa shape index (κ3) is 2.54. The molecule has 0 aliphatic rings. The van der Waals surface area contributed by atoms with E-state index in [9.17, 15) is 0 Å². The van der Waals surface area contributed by atoms with Gasteiger partial charge < -0.3 is 4.74 Å². The molecular formula is C17H14N4O. The van der Waals surface area contributed by atoms with Crippen molar-refractivity contribution in [3.05, 3.63) is 66.1 Å². The van der Waals surface area contributed by atoms with Crippen LogP contribution in [-0.4, -0.2) is 20.2 Å². The molecule has 0 saturated heterocycles. The van der Waals surface area contributed by atoms with Crippen molar-refractivity contribution in [3.63, 3.8) is 0 Å². The number of hydrogen-bond acceptors (Lipinski definition) is 4. The van der Waals surface area contributed by atoms with Crippen molar-refractivity contribution < 1.29 is 4.74 Å². The summed E-state index contributed by atoms with van der Waals surface area (Å²) in [5.74, 6) is 0. The molecule has 0 aliphatic heterocycles. The van der Waals surface area contributed by atoms with E-state index >= 15 is 0 Å². The first-order chi connectivity index (χ1) is 10.9. The minimum absolute atomic E-state index is 0.446. The first-order valence-electron chi connectivity index (χ1n) is 7.09. The summed E-state index contributed by atoms with van der Waals surface area (Å²) in [5, 5.41) is 7.99. The zero-order chi connectivity index (χ0) is 14.8. The molecule has 2 aromatic heterocycles. The van der Waals surface area contributed by atoms with Gasteiger partial charge in [-0.25, -0.2) is 4.98 Å². The second-order valence-electron chi connectivity index (χ2n) is 5.14. The lowest BCUT2D eigenvalue weighted by molar-refractivity contribution is 0.104. The minimum atomic E-state index is 0.446. The number of H-pyrrole nitrogens is 1. The summed E-state index contributed by atoms with van der Waals surface area (Å²) in [7, 11) is 0. The average Bonchev–Trinajstić information content (AvgIpc) is 3.01. The zero-order valence-electron chi connectivity index (χ0n) is 11.9. The number of aromatic nitrogens is 4. The summed E-state index contributed by atoms with van der Waals surface area (Å²) in [4.78, 5) is 9.05. The van der Waals surface area contributed by atoms with Gasteiger partial charge in [-0.15, -0.1) is 0 Å². The van der Waals surface area contributed by atoms with Crippen molar-refractivity contribution in [1.82, 2.24) is 20.2 Å². The highest BCUT2D eigenvalue weighted by Crippen LogP contribution is 2.18. The van der Waals surface area contributed by atoms with Crippen molar-refractivity contribution in [2.24, 2.45) is 0 Å². The quantitative estimate of drug-likeness (QED) is 0.627. The van der Waals surface area contributed by atoms with Gasteiger partial charge in [0.25, 0.3) is 0 Å². The van der Waals surface area contributed by atoms with Gasteiger partial charge in [0.15, 0.2) is 0 Å². The van der Waals surface area contributed by atoms with E-state index in [2.05, 4.69) is 20.2 Å². The summed E-state index contributed by atoms with van der Waals surface area (Å²) in [5.41, 5.74) is 4.65. The molecule has 5 heteroatoms. The van der Waals surface area contributed by atoms with Crippen LogP contribution < -0.4 is 0 Å². The summed E-state index contributed by atoms with van der Waals surface area (Å²) in [6.45, 7) is 1.02. The molecule has 0 saturated carbocycles. The van der Waals surface area contributed by atoms with Gasteiger partial charge in [-0.2, -0.15) is 5.10 Å². The van der Waals surface area contributed by atoms with E-state index in [4.69, 9.17) is 4.74 Å². The lowest BCUT2D eigenvalue weighted by atomic mass is 10.2. The molecule has 4 rings (SSSR count). The number of rotatable bonds is 4. The van der Waals surface area contributed by atoms with E-state index in [1.165, 1.54) is 0 Å². The van der Waals surface area contributed by atoms with Crippen LogP contribution in [0.4, 0.5) is 0 Å². The van der Waals surface area contributed by atoms with Crippen LogP contribution in [0.3, 0.4) is 0 Å². The number of nitrogens with one attached hydrogen (secondary N) is 1.